The fourth-order valence-corrected chi connectivity index (χ4v) is 3.85. The average molecular weight is 388 g/mol. The molecule has 2 heterocycles. The first kappa shape index (κ1) is 20.5. The van der Waals surface area contributed by atoms with Crippen LogP contribution >= 0.6 is 0 Å². The van der Waals surface area contributed by atoms with Crippen molar-refractivity contribution in [1.82, 2.24) is 20.0 Å². The molecule has 1 aromatic heterocycles. The number of aryl methyl sites for hydroxylation is 1. The summed E-state index contributed by atoms with van der Waals surface area (Å²) in [4.78, 5) is 15.1. The van der Waals surface area contributed by atoms with Crippen LogP contribution in [0.1, 0.15) is 37.0 Å². The number of carbonyl (C=O) groups is 1. The Balaban J connectivity index is 1.76. The molecule has 0 aliphatic carbocycles. The number of nitrogens with one attached hydrogen (secondary N) is 1. The molecule has 3 rings (SSSR count). The maximum atomic E-state index is 13.4. The highest BCUT2D eigenvalue weighted by Crippen LogP contribution is 2.30. The third kappa shape index (κ3) is 4.77. The summed E-state index contributed by atoms with van der Waals surface area (Å²) in [6.07, 6.45) is 2.92. The molecule has 0 spiro atoms. The molecule has 1 saturated heterocycles. The van der Waals surface area contributed by atoms with Gasteiger partial charge in [0.2, 0.25) is 5.91 Å². The molecule has 1 amide bonds. The van der Waals surface area contributed by atoms with Gasteiger partial charge in [-0.2, -0.15) is 5.10 Å². The van der Waals surface area contributed by atoms with Crippen molar-refractivity contribution in [2.24, 2.45) is 18.9 Å². The number of carbonyl (C=O) groups excluding carboxylic acids is 1. The van der Waals surface area contributed by atoms with Gasteiger partial charge in [-0.3, -0.25) is 9.48 Å². The number of benzene rings is 1. The number of halogens is 1. The van der Waals surface area contributed by atoms with Gasteiger partial charge in [-0.25, -0.2) is 4.39 Å². The first-order valence-electron chi connectivity index (χ1n) is 9.76. The zero-order chi connectivity index (χ0) is 20.3. The summed E-state index contributed by atoms with van der Waals surface area (Å²) in [6, 6.07) is 5.78. The van der Waals surface area contributed by atoms with Gasteiger partial charge in [0.05, 0.1) is 24.8 Å². The number of amides is 1. The Kier molecular flexibility index (Phi) is 6.46. The molecule has 6 nitrogen and oxygen atoms in total. The molecule has 0 saturated carbocycles. The molecule has 1 aromatic carbocycles. The zero-order valence-corrected chi connectivity index (χ0v) is 16.7. The molecular formula is C21H29FN4O2. The van der Waals surface area contributed by atoms with Gasteiger partial charge >= 0.3 is 0 Å². The Morgan fingerprint density at radius 2 is 2.04 bits per heavy atom. The van der Waals surface area contributed by atoms with Gasteiger partial charge in [-0.05, 0) is 29.2 Å². The Labute approximate surface area is 165 Å². The van der Waals surface area contributed by atoms with Gasteiger partial charge in [-0.1, -0.05) is 26.0 Å². The average Bonchev–Trinajstić information content (AvgIpc) is 3.29. The van der Waals surface area contributed by atoms with E-state index in [-0.39, 0.29) is 36.0 Å². The highest BCUT2D eigenvalue weighted by Gasteiger charge is 2.37. The van der Waals surface area contributed by atoms with Gasteiger partial charge in [0, 0.05) is 38.8 Å². The number of aliphatic hydroxyl groups is 1. The van der Waals surface area contributed by atoms with E-state index in [1.807, 2.05) is 19.4 Å². The number of hydrogen-bond donors (Lipinski definition) is 2. The van der Waals surface area contributed by atoms with E-state index in [0.717, 1.165) is 12.1 Å². The van der Waals surface area contributed by atoms with Gasteiger partial charge in [0.15, 0.2) is 0 Å². The number of aliphatic hydroxyl groups excluding tert-OH is 1. The maximum Gasteiger partial charge on any atom is 0.227 e. The fraction of sp³-hybridized carbons (Fsp3) is 0.524. The summed E-state index contributed by atoms with van der Waals surface area (Å²) in [6.45, 7) is 6.20. The number of aromatic nitrogens is 2. The van der Waals surface area contributed by atoms with Crippen molar-refractivity contribution in [3.8, 4) is 0 Å². The topological polar surface area (TPSA) is 70.4 Å². The SMILES string of the molecule is CC(C)CN(CC(O)c1ccc(F)cc1)C(=O)[C@H]1CNC[C@@H]1c1cnn(C)c1. The summed E-state index contributed by atoms with van der Waals surface area (Å²) in [7, 11) is 1.87. The molecule has 1 unspecified atom stereocenters. The van der Waals surface area contributed by atoms with Gasteiger partial charge in [0.25, 0.3) is 0 Å². The summed E-state index contributed by atoms with van der Waals surface area (Å²) in [5, 5.41) is 18.2. The van der Waals surface area contributed by atoms with Crippen LogP contribution in [0.2, 0.25) is 0 Å². The van der Waals surface area contributed by atoms with Crippen LogP contribution in [0.4, 0.5) is 4.39 Å². The highest BCUT2D eigenvalue weighted by molar-refractivity contribution is 5.80. The van der Waals surface area contributed by atoms with Crippen LogP contribution in [-0.2, 0) is 11.8 Å². The molecule has 1 fully saturated rings. The predicted molar refractivity (Wildman–Crippen MR) is 105 cm³/mol. The van der Waals surface area contributed by atoms with Crippen LogP contribution in [0.25, 0.3) is 0 Å². The second-order valence-corrected chi connectivity index (χ2v) is 8.02. The largest absolute Gasteiger partial charge is 0.387 e. The molecule has 0 bridgehead atoms. The van der Waals surface area contributed by atoms with E-state index in [9.17, 15) is 14.3 Å². The van der Waals surface area contributed by atoms with Gasteiger partial charge in [-0.15, -0.1) is 0 Å². The van der Waals surface area contributed by atoms with Crippen LogP contribution < -0.4 is 5.32 Å². The Hall–Kier alpha value is -2.25. The van der Waals surface area contributed by atoms with E-state index in [2.05, 4.69) is 24.3 Å². The minimum Gasteiger partial charge on any atom is -0.387 e. The number of nitrogens with zero attached hydrogens (tertiary/aromatic N) is 3. The Bertz CT molecular complexity index is 790. The van der Waals surface area contributed by atoms with Crippen molar-refractivity contribution in [2.45, 2.75) is 25.9 Å². The lowest BCUT2D eigenvalue weighted by molar-refractivity contribution is -0.137. The standard InChI is InChI=1S/C21H29FN4O2/c1-14(2)11-26(13-20(27)15-4-6-17(22)7-5-15)21(28)19-10-23-9-18(19)16-8-24-25(3)12-16/h4-8,12,14,18-20,23,27H,9-11,13H2,1-3H3/t18-,19+,20?/m1/s1. The van der Waals surface area contributed by atoms with E-state index >= 15 is 0 Å². The number of rotatable bonds is 7. The summed E-state index contributed by atoms with van der Waals surface area (Å²) >= 11 is 0. The summed E-state index contributed by atoms with van der Waals surface area (Å²) in [5.41, 5.74) is 1.66. The van der Waals surface area contributed by atoms with Crippen LogP contribution in [0.3, 0.4) is 0 Å². The van der Waals surface area contributed by atoms with Crippen molar-refractivity contribution in [3.63, 3.8) is 0 Å². The predicted octanol–water partition coefficient (Wildman–Crippen LogP) is 2.08. The van der Waals surface area contributed by atoms with Crippen LogP contribution in [-0.4, -0.2) is 51.9 Å². The number of hydrogen-bond acceptors (Lipinski definition) is 4. The minimum absolute atomic E-state index is 0.0358. The second kappa shape index (κ2) is 8.84. The van der Waals surface area contributed by atoms with Crippen LogP contribution in [0, 0.1) is 17.7 Å². The van der Waals surface area contributed by atoms with E-state index in [1.54, 1.807) is 21.7 Å². The first-order chi connectivity index (χ1) is 13.3. The molecule has 2 N–H and O–H groups in total. The first-order valence-corrected chi connectivity index (χ1v) is 9.76. The minimum atomic E-state index is -0.852. The van der Waals surface area contributed by atoms with Crippen molar-refractivity contribution < 1.29 is 14.3 Å². The molecule has 3 atom stereocenters. The normalized spacial score (nSPS) is 20.5. The lowest BCUT2D eigenvalue weighted by Crippen LogP contribution is -2.43. The van der Waals surface area contributed by atoms with Crippen molar-refractivity contribution in [2.75, 3.05) is 26.2 Å². The summed E-state index contributed by atoms with van der Waals surface area (Å²) < 4.78 is 14.9. The third-order valence-electron chi connectivity index (χ3n) is 5.23. The van der Waals surface area contributed by atoms with Crippen molar-refractivity contribution >= 4 is 5.91 Å². The molecule has 0 radical (unpaired) electrons. The van der Waals surface area contributed by atoms with E-state index in [4.69, 9.17) is 0 Å². The van der Waals surface area contributed by atoms with Crippen LogP contribution in [0.15, 0.2) is 36.7 Å². The third-order valence-corrected chi connectivity index (χ3v) is 5.23. The van der Waals surface area contributed by atoms with E-state index in [1.165, 1.54) is 12.1 Å². The maximum absolute atomic E-state index is 13.4. The Morgan fingerprint density at radius 3 is 2.64 bits per heavy atom. The molecule has 1 aliphatic heterocycles. The lowest BCUT2D eigenvalue weighted by atomic mass is 9.89. The fourth-order valence-electron chi connectivity index (χ4n) is 3.85. The molecule has 7 heteroatoms. The molecule has 28 heavy (non-hydrogen) atoms. The van der Waals surface area contributed by atoms with E-state index in [0.29, 0.717) is 18.7 Å². The van der Waals surface area contributed by atoms with Crippen LogP contribution in [0.5, 0.6) is 0 Å². The van der Waals surface area contributed by atoms with E-state index < -0.39 is 6.10 Å². The summed E-state index contributed by atoms with van der Waals surface area (Å²) in [5.74, 6) is -0.158. The van der Waals surface area contributed by atoms with Crippen molar-refractivity contribution in [3.05, 3.63) is 53.6 Å². The van der Waals surface area contributed by atoms with Crippen molar-refractivity contribution in [1.29, 1.82) is 0 Å². The van der Waals surface area contributed by atoms with Gasteiger partial charge in [0.1, 0.15) is 5.82 Å². The zero-order valence-electron chi connectivity index (χ0n) is 16.7. The molecule has 1 aliphatic rings. The highest BCUT2D eigenvalue weighted by atomic mass is 19.1. The lowest BCUT2D eigenvalue weighted by Gasteiger charge is -2.31. The smallest absolute Gasteiger partial charge is 0.227 e. The molecule has 2 aromatic rings. The Morgan fingerprint density at radius 1 is 1.32 bits per heavy atom. The molecular weight excluding hydrogens is 359 g/mol. The van der Waals surface area contributed by atoms with Gasteiger partial charge < -0.3 is 15.3 Å². The molecule has 152 valence electrons. The monoisotopic (exact) mass is 388 g/mol. The quantitative estimate of drug-likeness (QED) is 0.762. The second-order valence-electron chi connectivity index (χ2n) is 8.02.